The van der Waals surface area contributed by atoms with Gasteiger partial charge in [-0.3, -0.25) is 0 Å². The maximum Gasteiger partial charge on any atom is 0.328 e. The Hall–Kier alpha value is -1.13. The molecule has 0 heterocycles. The molecule has 1 rings (SSSR count). The van der Waals surface area contributed by atoms with Crippen molar-refractivity contribution in [2.75, 3.05) is 6.61 Å². The molecule has 4 heteroatoms. The number of carboxylic acid groups (broad SMARTS) is 1. The highest BCUT2D eigenvalue weighted by Gasteiger charge is 1.93. The minimum absolute atomic E-state index is 0.304. The van der Waals surface area contributed by atoms with Crippen molar-refractivity contribution in [3.05, 3.63) is 46.5 Å². The average Bonchev–Trinajstić information content (AvgIpc) is 2.17. The molecule has 0 fully saturated rings. The van der Waals surface area contributed by atoms with Gasteiger partial charge in [0.05, 0.1) is 13.2 Å². The molecule has 15 heavy (non-hydrogen) atoms. The van der Waals surface area contributed by atoms with Crippen LogP contribution in [0.1, 0.15) is 5.56 Å². The molecule has 3 nitrogen and oxygen atoms in total. The molecule has 1 aromatic carbocycles. The Bertz CT molecular complexity index is 361. The van der Waals surface area contributed by atoms with Crippen molar-refractivity contribution in [1.29, 1.82) is 0 Å². The van der Waals surface area contributed by atoms with Crippen LogP contribution in [-0.4, -0.2) is 17.7 Å². The van der Waals surface area contributed by atoms with Gasteiger partial charge in [0.25, 0.3) is 0 Å². The summed E-state index contributed by atoms with van der Waals surface area (Å²) in [5.41, 5.74) is 1.05. The summed E-state index contributed by atoms with van der Waals surface area (Å²) in [4.78, 5) is 10.1. The fourth-order valence-electron chi connectivity index (χ4n) is 1.02. The molecule has 0 aromatic heterocycles. The van der Waals surface area contributed by atoms with Gasteiger partial charge in [-0.05, 0) is 17.7 Å². The topological polar surface area (TPSA) is 46.5 Å². The van der Waals surface area contributed by atoms with Crippen molar-refractivity contribution in [1.82, 2.24) is 0 Å². The summed E-state index contributed by atoms with van der Waals surface area (Å²) in [5, 5.41) is 8.32. The highest BCUT2D eigenvalue weighted by Crippen LogP contribution is 2.12. The molecule has 0 aliphatic carbocycles. The van der Waals surface area contributed by atoms with Gasteiger partial charge in [0.15, 0.2) is 0 Å². The molecule has 0 atom stereocenters. The Morgan fingerprint density at radius 2 is 2.33 bits per heavy atom. The van der Waals surface area contributed by atoms with E-state index in [1.807, 2.05) is 24.3 Å². The van der Waals surface area contributed by atoms with Gasteiger partial charge in [-0.15, -0.1) is 0 Å². The number of hydrogen-bond donors (Lipinski definition) is 1. The fraction of sp³-hybridized carbons (Fsp3) is 0.182. The lowest BCUT2D eigenvalue weighted by atomic mass is 10.2. The van der Waals surface area contributed by atoms with E-state index in [2.05, 4.69) is 15.9 Å². The molecule has 0 amide bonds. The van der Waals surface area contributed by atoms with Crippen LogP contribution < -0.4 is 0 Å². The van der Waals surface area contributed by atoms with E-state index in [9.17, 15) is 4.79 Å². The number of hydrogen-bond acceptors (Lipinski definition) is 2. The molecule has 0 bridgehead atoms. The van der Waals surface area contributed by atoms with Crippen LogP contribution in [0.25, 0.3) is 0 Å². The summed E-state index contributed by atoms with van der Waals surface area (Å²) >= 11 is 3.36. The second kappa shape index (κ2) is 6.37. The van der Waals surface area contributed by atoms with E-state index in [0.29, 0.717) is 13.2 Å². The van der Waals surface area contributed by atoms with Gasteiger partial charge in [0.1, 0.15) is 0 Å². The highest BCUT2D eigenvalue weighted by molar-refractivity contribution is 9.10. The molecule has 0 aliphatic rings. The summed E-state index contributed by atoms with van der Waals surface area (Å²) in [6, 6.07) is 7.77. The first-order chi connectivity index (χ1) is 7.18. The molecule has 0 saturated carbocycles. The molecule has 0 unspecified atom stereocenters. The van der Waals surface area contributed by atoms with Crippen molar-refractivity contribution in [2.24, 2.45) is 0 Å². The molecular weight excluding hydrogens is 260 g/mol. The van der Waals surface area contributed by atoms with Crippen molar-refractivity contribution in [3.63, 3.8) is 0 Å². The molecular formula is C11H11BrO3. The first-order valence-electron chi connectivity index (χ1n) is 4.40. The number of ether oxygens (including phenoxy) is 1. The van der Waals surface area contributed by atoms with Gasteiger partial charge in [0, 0.05) is 10.5 Å². The first-order valence-corrected chi connectivity index (χ1v) is 5.19. The normalized spacial score (nSPS) is 10.7. The van der Waals surface area contributed by atoms with Crippen LogP contribution in [0.2, 0.25) is 0 Å². The zero-order valence-corrected chi connectivity index (χ0v) is 9.61. The number of carbonyl (C=O) groups is 1. The zero-order chi connectivity index (χ0) is 11.1. The number of carboxylic acids is 1. The monoisotopic (exact) mass is 270 g/mol. The Kier molecular flexibility index (Phi) is 5.07. The van der Waals surface area contributed by atoms with Crippen molar-refractivity contribution in [3.8, 4) is 0 Å². The lowest BCUT2D eigenvalue weighted by Crippen LogP contribution is -1.94. The van der Waals surface area contributed by atoms with Crippen LogP contribution in [0.15, 0.2) is 40.9 Å². The summed E-state index contributed by atoms with van der Waals surface area (Å²) in [7, 11) is 0. The molecule has 0 aliphatic heterocycles. The predicted molar refractivity (Wildman–Crippen MR) is 60.6 cm³/mol. The van der Waals surface area contributed by atoms with Gasteiger partial charge in [0.2, 0.25) is 0 Å². The Balaban J connectivity index is 2.29. The van der Waals surface area contributed by atoms with Crippen LogP contribution in [0.4, 0.5) is 0 Å². The van der Waals surface area contributed by atoms with Crippen molar-refractivity contribution in [2.45, 2.75) is 6.61 Å². The lowest BCUT2D eigenvalue weighted by molar-refractivity contribution is -0.131. The van der Waals surface area contributed by atoms with Gasteiger partial charge < -0.3 is 9.84 Å². The lowest BCUT2D eigenvalue weighted by Gasteiger charge is -2.01. The highest BCUT2D eigenvalue weighted by atomic mass is 79.9. The molecule has 0 radical (unpaired) electrons. The molecule has 80 valence electrons. The predicted octanol–water partition coefficient (Wildman–Crippen LogP) is 2.61. The standard InChI is InChI=1S/C11H11BrO3/c12-10-4-1-3-9(7-10)8-15-6-2-5-11(13)14/h1-5,7H,6,8H2,(H,13,14)/b5-2+. The minimum atomic E-state index is -0.957. The quantitative estimate of drug-likeness (QED) is 0.661. The van der Waals surface area contributed by atoms with Crippen molar-refractivity contribution >= 4 is 21.9 Å². The van der Waals surface area contributed by atoms with E-state index >= 15 is 0 Å². The number of benzene rings is 1. The van der Waals surface area contributed by atoms with Crippen LogP contribution in [-0.2, 0) is 16.1 Å². The SMILES string of the molecule is O=C(O)/C=C/COCc1cccc(Br)c1. The Morgan fingerprint density at radius 3 is 3.00 bits per heavy atom. The van der Waals surface area contributed by atoms with E-state index in [-0.39, 0.29) is 0 Å². The van der Waals surface area contributed by atoms with E-state index in [1.54, 1.807) is 0 Å². The fourth-order valence-corrected chi connectivity index (χ4v) is 1.47. The van der Waals surface area contributed by atoms with E-state index in [0.717, 1.165) is 16.1 Å². The van der Waals surface area contributed by atoms with E-state index in [4.69, 9.17) is 9.84 Å². The largest absolute Gasteiger partial charge is 0.478 e. The number of rotatable bonds is 5. The van der Waals surface area contributed by atoms with Gasteiger partial charge in [-0.1, -0.05) is 34.1 Å². The van der Waals surface area contributed by atoms with Crippen LogP contribution >= 0.6 is 15.9 Å². The zero-order valence-electron chi connectivity index (χ0n) is 8.02. The second-order valence-corrected chi connectivity index (χ2v) is 3.80. The maximum absolute atomic E-state index is 10.1. The average molecular weight is 271 g/mol. The first kappa shape index (κ1) is 11.9. The Morgan fingerprint density at radius 1 is 1.53 bits per heavy atom. The van der Waals surface area contributed by atoms with Crippen LogP contribution in [0, 0.1) is 0 Å². The molecule has 0 saturated heterocycles. The second-order valence-electron chi connectivity index (χ2n) is 2.89. The summed E-state index contributed by atoms with van der Waals surface area (Å²) in [6.07, 6.45) is 2.54. The number of aliphatic carboxylic acids is 1. The molecule has 1 aromatic rings. The minimum Gasteiger partial charge on any atom is -0.478 e. The van der Waals surface area contributed by atoms with Crippen LogP contribution in [0.3, 0.4) is 0 Å². The third kappa shape index (κ3) is 5.34. The number of halogens is 1. The van der Waals surface area contributed by atoms with Crippen LogP contribution in [0.5, 0.6) is 0 Å². The third-order valence-electron chi connectivity index (χ3n) is 1.63. The van der Waals surface area contributed by atoms with E-state index in [1.165, 1.54) is 6.08 Å². The van der Waals surface area contributed by atoms with E-state index < -0.39 is 5.97 Å². The molecule has 0 spiro atoms. The summed E-state index contributed by atoms with van der Waals surface area (Å²) in [5.74, 6) is -0.957. The third-order valence-corrected chi connectivity index (χ3v) is 2.13. The molecule has 1 N–H and O–H groups in total. The Labute approximate surface area is 96.5 Å². The van der Waals surface area contributed by atoms with Crippen molar-refractivity contribution < 1.29 is 14.6 Å². The van der Waals surface area contributed by atoms with Gasteiger partial charge in [-0.25, -0.2) is 4.79 Å². The van der Waals surface area contributed by atoms with Gasteiger partial charge in [-0.2, -0.15) is 0 Å². The van der Waals surface area contributed by atoms with Gasteiger partial charge >= 0.3 is 5.97 Å². The smallest absolute Gasteiger partial charge is 0.328 e. The maximum atomic E-state index is 10.1. The summed E-state index contributed by atoms with van der Waals surface area (Å²) < 4.78 is 6.26. The summed E-state index contributed by atoms with van der Waals surface area (Å²) in [6.45, 7) is 0.780.